The lowest BCUT2D eigenvalue weighted by Crippen LogP contribution is -2.21. The standard InChI is InChI=1S/C27H22N4OS3/c1-18(22-15-7-11-20-9-3-5-14-24(20)22)28-29-25(32)17-34-27-31-30-26(35-27)33-16-21-12-6-10-19-8-2-4-13-23(19)21/h2-15H,16-17H2,1H3,(H,29,32). The Morgan fingerprint density at radius 3 is 2.26 bits per heavy atom. The van der Waals surface area contributed by atoms with Gasteiger partial charge in [0.2, 0.25) is 0 Å². The minimum Gasteiger partial charge on any atom is -0.272 e. The van der Waals surface area contributed by atoms with Crippen LogP contribution in [0.2, 0.25) is 0 Å². The van der Waals surface area contributed by atoms with Crippen LogP contribution in [-0.2, 0) is 10.5 Å². The molecule has 0 saturated carbocycles. The molecule has 1 N–H and O–H groups in total. The number of fused-ring (bicyclic) bond motifs is 2. The Bertz CT molecular complexity index is 1520. The maximum absolute atomic E-state index is 12.4. The van der Waals surface area contributed by atoms with Crippen molar-refractivity contribution in [2.75, 3.05) is 5.75 Å². The van der Waals surface area contributed by atoms with Crippen molar-refractivity contribution in [3.05, 3.63) is 96.1 Å². The zero-order valence-corrected chi connectivity index (χ0v) is 21.4. The van der Waals surface area contributed by atoms with Crippen molar-refractivity contribution in [2.24, 2.45) is 5.10 Å². The van der Waals surface area contributed by atoms with E-state index < -0.39 is 0 Å². The molecule has 1 heterocycles. The lowest BCUT2D eigenvalue weighted by Gasteiger charge is -2.06. The molecule has 4 aromatic carbocycles. The highest BCUT2D eigenvalue weighted by Crippen LogP contribution is 2.32. The molecule has 0 saturated heterocycles. The van der Waals surface area contributed by atoms with Crippen molar-refractivity contribution in [2.45, 2.75) is 21.4 Å². The number of aromatic nitrogens is 2. The minimum atomic E-state index is -0.172. The molecule has 0 spiro atoms. The average molecular weight is 515 g/mol. The smallest absolute Gasteiger partial charge is 0.250 e. The fourth-order valence-electron chi connectivity index (χ4n) is 3.78. The number of carbonyl (C=O) groups is 1. The number of nitrogens with one attached hydrogen (secondary N) is 1. The van der Waals surface area contributed by atoms with E-state index >= 15 is 0 Å². The van der Waals surface area contributed by atoms with E-state index in [1.165, 1.54) is 39.4 Å². The highest BCUT2D eigenvalue weighted by atomic mass is 32.2. The first-order valence-electron chi connectivity index (χ1n) is 11.0. The molecule has 174 valence electrons. The van der Waals surface area contributed by atoms with Gasteiger partial charge in [-0.3, -0.25) is 4.79 Å². The summed E-state index contributed by atoms with van der Waals surface area (Å²) in [6.45, 7) is 1.90. The predicted molar refractivity (Wildman–Crippen MR) is 148 cm³/mol. The van der Waals surface area contributed by atoms with Crippen LogP contribution in [0, 0.1) is 0 Å². The molecule has 0 aliphatic heterocycles. The van der Waals surface area contributed by atoms with E-state index in [1.54, 1.807) is 11.8 Å². The van der Waals surface area contributed by atoms with Gasteiger partial charge in [0, 0.05) is 11.3 Å². The average Bonchev–Trinajstić information content (AvgIpc) is 3.37. The fraction of sp³-hybridized carbons (Fsp3) is 0.111. The molecular formula is C27H22N4OS3. The number of thioether (sulfide) groups is 2. The summed E-state index contributed by atoms with van der Waals surface area (Å²) in [5.41, 5.74) is 5.71. The Morgan fingerprint density at radius 1 is 0.829 bits per heavy atom. The SMILES string of the molecule is CC(=NNC(=O)CSc1nnc(SCc2cccc3ccccc23)s1)c1cccc2ccccc12. The number of hydrazone groups is 1. The van der Waals surface area contributed by atoms with E-state index in [9.17, 15) is 4.79 Å². The number of nitrogens with zero attached hydrogens (tertiary/aromatic N) is 3. The molecule has 0 atom stereocenters. The normalized spacial score (nSPS) is 11.7. The highest BCUT2D eigenvalue weighted by Gasteiger charge is 2.10. The van der Waals surface area contributed by atoms with Crippen molar-refractivity contribution >= 4 is 68.0 Å². The van der Waals surface area contributed by atoms with E-state index in [2.05, 4.69) is 81.4 Å². The van der Waals surface area contributed by atoms with Crippen molar-refractivity contribution in [1.29, 1.82) is 0 Å². The van der Waals surface area contributed by atoms with Gasteiger partial charge in [-0.2, -0.15) is 5.10 Å². The molecule has 0 bridgehead atoms. The molecule has 5 rings (SSSR count). The van der Waals surface area contributed by atoms with Gasteiger partial charge in [0.1, 0.15) is 0 Å². The van der Waals surface area contributed by atoms with Gasteiger partial charge in [-0.05, 0) is 34.0 Å². The first-order chi connectivity index (χ1) is 17.2. The second kappa shape index (κ2) is 11.0. The Morgan fingerprint density at radius 2 is 1.46 bits per heavy atom. The van der Waals surface area contributed by atoms with Crippen molar-refractivity contribution in [3.8, 4) is 0 Å². The van der Waals surface area contributed by atoms with E-state index in [0.717, 1.165) is 36.5 Å². The zero-order chi connectivity index (χ0) is 24.0. The second-order valence-corrected chi connectivity index (χ2v) is 11.2. The number of amides is 1. The Kier molecular flexibility index (Phi) is 7.42. The molecule has 0 aliphatic carbocycles. The third kappa shape index (κ3) is 5.73. The van der Waals surface area contributed by atoms with Crippen LogP contribution < -0.4 is 5.43 Å². The van der Waals surface area contributed by atoms with Crippen molar-refractivity contribution in [1.82, 2.24) is 15.6 Å². The molecular weight excluding hydrogens is 493 g/mol. The molecule has 0 radical (unpaired) electrons. The summed E-state index contributed by atoms with van der Waals surface area (Å²) in [4.78, 5) is 12.4. The molecule has 5 aromatic rings. The Labute approximate surface area is 216 Å². The summed E-state index contributed by atoms with van der Waals surface area (Å²) < 4.78 is 1.67. The lowest BCUT2D eigenvalue weighted by atomic mass is 10.0. The number of benzene rings is 4. The molecule has 5 nitrogen and oxygen atoms in total. The summed E-state index contributed by atoms with van der Waals surface area (Å²) in [5, 5.41) is 17.6. The number of hydrogen-bond donors (Lipinski definition) is 1. The van der Waals surface area contributed by atoms with Gasteiger partial charge in [-0.1, -0.05) is 120 Å². The van der Waals surface area contributed by atoms with Gasteiger partial charge in [-0.25, -0.2) is 5.43 Å². The van der Waals surface area contributed by atoms with E-state index in [0.29, 0.717) is 0 Å². The summed E-state index contributed by atoms with van der Waals surface area (Å²) in [5.74, 6) is 0.882. The van der Waals surface area contributed by atoms with Gasteiger partial charge in [0.15, 0.2) is 8.68 Å². The third-order valence-corrected chi connectivity index (χ3v) is 8.71. The molecule has 8 heteroatoms. The van der Waals surface area contributed by atoms with Crippen molar-refractivity contribution < 1.29 is 4.79 Å². The van der Waals surface area contributed by atoms with Gasteiger partial charge >= 0.3 is 0 Å². The zero-order valence-electron chi connectivity index (χ0n) is 19.0. The summed E-state index contributed by atoms with van der Waals surface area (Å²) >= 11 is 4.55. The third-order valence-electron chi connectivity index (χ3n) is 5.47. The molecule has 0 aliphatic rings. The maximum Gasteiger partial charge on any atom is 0.250 e. The van der Waals surface area contributed by atoms with E-state index in [4.69, 9.17) is 0 Å². The molecule has 35 heavy (non-hydrogen) atoms. The van der Waals surface area contributed by atoms with Crippen LogP contribution >= 0.6 is 34.9 Å². The van der Waals surface area contributed by atoms with Gasteiger partial charge in [-0.15, -0.1) is 10.2 Å². The quantitative estimate of drug-likeness (QED) is 0.141. The monoisotopic (exact) mass is 514 g/mol. The second-order valence-electron chi connectivity index (χ2n) is 7.81. The highest BCUT2D eigenvalue weighted by molar-refractivity contribution is 8.03. The summed E-state index contributed by atoms with van der Waals surface area (Å²) in [6, 6.07) is 29.0. The van der Waals surface area contributed by atoms with Crippen LogP contribution in [0.5, 0.6) is 0 Å². The molecule has 0 unspecified atom stereocenters. The topological polar surface area (TPSA) is 67.2 Å². The first kappa shape index (κ1) is 23.5. The molecule has 1 amide bonds. The maximum atomic E-state index is 12.4. The molecule has 0 fully saturated rings. The van der Waals surface area contributed by atoms with Crippen LogP contribution in [-0.4, -0.2) is 27.6 Å². The molecule has 1 aromatic heterocycles. The summed E-state index contributed by atoms with van der Waals surface area (Å²) in [7, 11) is 0. The van der Waals surface area contributed by atoms with E-state index in [1.807, 2.05) is 31.2 Å². The van der Waals surface area contributed by atoms with E-state index in [-0.39, 0.29) is 11.7 Å². The fourth-order valence-corrected chi connectivity index (χ4v) is 6.59. The predicted octanol–water partition coefficient (Wildman–Crippen LogP) is 6.77. The largest absolute Gasteiger partial charge is 0.272 e. The van der Waals surface area contributed by atoms with Crippen LogP contribution in [0.25, 0.3) is 21.5 Å². The van der Waals surface area contributed by atoms with Gasteiger partial charge in [0.05, 0.1) is 11.5 Å². The summed E-state index contributed by atoms with van der Waals surface area (Å²) in [6.07, 6.45) is 0. The van der Waals surface area contributed by atoms with Crippen LogP contribution in [0.3, 0.4) is 0 Å². The van der Waals surface area contributed by atoms with Gasteiger partial charge < -0.3 is 0 Å². The first-order valence-corrected chi connectivity index (χ1v) is 13.8. The van der Waals surface area contributed by atoms with Crippen LogP contribution in [0.4, 0.5) is 0 Å². The number of rotatable bonds is 8. The Balaban J connectivity index is 1.15. The minimum absolute atomic E-state index is 0.172. The van der Waals surface area contributed by atoms with Crippen LogP contribution in [0.1, 0.15) is 18.1 Å². The number of hydrogen-bond acceptors (Lipinski definition) is 7. The van der Waals surface area contributed by atoms with Crippen LogP contribution in [0.15, 0.2) is 98.7 Å². The van der Waals surface area contributed by atoms with Gasteiger partial charge in [0.25, 0.3) is 5.91 Å². The number of carbonyl (C=O) groups excluding carboxylic acids is 1. The lowest BCUT2D eigenvalue weighted by molar-refractivity contribution is -0.118. The Hall–Kier alpha value is -3.20. The van der Waals surface area contributed by atoms with Crippen molar-refractivity contribution in [3.63, 3.8) is 0 Å².